The van der Waals surface area contributed by atoms with E-state index >= 15 is 0 Å². The molecule has 3 N–H and O–H groups in total. The molecule has 0 fully saturated rings. The molecule has 6 nitrogen and oxygen atoms in total. The van der Waals surface area contributed by atoms with Crippen molar-refractivity contribution in [1.82, 2.24) is 9.78 Å². The van der Waals surface area contributed by atoms with Crippen LogP contribution < -0.4 is 10.5 Å². The normalized spacial score (nSPS) is 11.6. The minimum absolute atomic E-state index is 0.109. The first kappa shape index (κ1) is 15.5. The van der Waals surface area contributed by atoms with Gasteiger partial charge in [0.15, 0.2) is 0 Å². The maximum atomic E-state index is 11.4. The first-order valence-electron chi connectivity index (χ1n) is 6.80. The predicted molar refractivity (Wildman–Crippen MR) is 82.4 cm³/mol. The molecule has 2 aromatic rings. The van der Waals surface area contributed by atoms with Crippen molar-refractivity contribution < 1.29 is 8.42 Å². The van der Waals surface area contributed by atoms with E-state index in [1.165, 1.54) is 6.07 Å². The van der Waals surface area contributed by atoms with E-state index in [4.69, 9.17) is 5.14 Å². The van der Waals surface area contributed by atoms with Crippen molar-refractivity contribution in [2.75, 3.05) is 5.32 Å². The maximum absolute atomic E-state index is 11.4. The highest BCUT2D eigenvalue weighted by Gasteiger charge is 2.10. The summed E-state index contributed by atoms with van der Waals surface area (Å²) >= 11 is 0. The third-order valence-electron chi connectivity index (χ3n) is 3.24. The number of aryl methyl sites for hydroxylation is 2. The van der Waals surface area contributed by atoms with Crippen molar-refractivity contribution in [2.24, 2.45) is 5.14 Å². The van der Waals surface area contributed by atoms with Gasteiger partial charge < -0.3 is 5.32 Å². The van der Waals surface area contributed by atoms with Gasteiger partial charge in [-0.3, -0.25) is 4.68 Å². The fourth-order valence-electron chi connectivity index (χ4n) is 2.08. The van der Waals surface area contributed by atoms with E-state index in [9.17, 15) is 8.42 Å². The highest BCUT2D eigenvalue weighted by molar-refractivity contribution is 7.89. The minimum atomic E-state index is -3.69. The van der Waals surface area contributed by atoms with E-state index in [0.29, 0.717) is 6.54 Å². The molecule has 1 heterocycles. The quantitative estimate of drug-likeness (QED) is 0.852. The van der Waals surface area contributed by atoms with Crippen LogP contribution in [0.1, 0.15) is 24.6 Å². The number of nitrogens with two attached hydrogens (primary N) is 1. The molecule has 21 heavy (non-hydrogen) atoms. The summed E-state index contributed by atoms with van der Waals surface area (Å²) in [7, 11) is -3.69. The molecule has 114 valence electrons. The summed E-state index contributed by atoms with van der Waals surface area (Å²) in [6, 6.07) is 6.76. The number of primary sulfonamides is 1. The number of anilines is 1. The predicted octanol–water partition coefficient (Wildman–Crippen LogP) is 1.86. The van der Waals surface area contributed by atoms with Crippen molar-refractivity contribution in [3.05, 3.63) is 41.7 Å². The Bertz CT molecular complexity index is 722. The average molecular weight is 308 g/mol. The van der Waals surface area contributed by atoms with E-state index < -0.39 is 10.0 Å². The molecular formula is C14H20N4O2S. The van der Waals surface area contributed by atoms with Gasteiger partial charge in [0.2, 0.25) is 10.0 Å². The fraction of sp³-hybridized carbons (Fsp3) is 0.357. The van der Waals surface area contributed by atoms with E-state index in [1.807, 2.05) is 17.7 Å². The molecule has 0 radical (unpaired) electrons. The average Bonchev–Trinajstić information content (AvgIpc) is 2.84. The molecule has 2 rings (SSSR count). The third kappa shape index (κ3) is 3.83. The van der Waals surface area contributed by atoms with Crippen LogP contribution in [-0.2, 0) is 23.1 Å². The Labute approximate surface area is 125 Å². The Kier molecular flexibility index (Phi) is 4.64. The van der Waals surface area contributed by atoms with Crippen LogP contribution in [0.3, 0.4) is 0 Å². The molecule has 0 spiro atoms. The van der Waals surface area contributed by atoms with Crippen LogP contribution in [-0.4, -0.2) is 18.2 Å². The fourth-order valence-corrected chi connectivity index (χ4v) is 2.62. The molecule has 0 aliphatic heterocycles. The molecular weight excluding hydrogens is 288 g/mol. The summed E-state index contributed by atoms with van der Waals surface area (Å²) in [4.78, 5) is 0.109. The van der Waals surface area contributed by atoms with E-state index in [-0.39, 0.29) is 4.90 Å². The van der Waals surface area contributed by atoms with Crippen molar-refractivity contribution in [3.63, 3.8) is 0 Å². The van der Waals surface area contributed by atoms with Gasteiger partial charge in [-0.25, -0.2) is 13.6 Å². The SMILES string of the molecule is CCCn1nccc1CNc1cc(S(N)(=O)=O)ccc1C. The zero-order valence-electron chi connectivity index (χ0n) is 12.2. The molecule has 1 aromatic heterocycles. The van der Waals surface area contributed by atoms with Gasteiger partial charge in [-0.05, 0) is 37.1 Å². The number of hydrogen-bond donors (Lipinski definition) is 2. The largest absolute Gasteiger partial charge is 0.379 e. The Morgan fingerprint density at radius 1 is 1.33 bits per heavy atom. The highest BCUT2D eigenvalue weighted by Crippen LogP contribution is 2.20. The number of nitrogens with one attached hydrogen (secondary N) is 1. The second-order valence-electron chi connectivity index (χ2n) is 4.92. The molecule has 0 saturated heterocycles. The van der Waals surface area contributed by atoms with Gasteiger partial charge in [0.05, 0.1) is 17.1 Å². The van der Waals surface area contributed by atoms with Gasteiger partial charge >= 0.3 is 0 Å². The van der Waals surface area contributed by atoms with Gasteiger partial charge in [0.25, 0.3) is 0 Å². The van der Waals surface area contributed by atoms with Gasteiger partial charge in [-0.1, -0.05) is 13.0 Å². The lowest BCUT2D eigenvalue weighted by Crippen LogP contribution is -2.13. The van der Waals surface area contributed by atoms with Gasteiger partial charge in [-0.2, -0.15) is 5.10 Å². The van der Waals surface area contributed by atoms with Crippen LogP contribution in [0.2, 0.25) is 0 Å². The summed E-state index contributed by atoms with van der Waals surface area (Å²) < 4.78 is 24.7. The standard InChI is InChI=1S/C14H20N4O2S/c1-3-8-18-12(6-7-17-18)10-16-14-9-13(21(15,19)20)5-4-11(14)2/h4-7,9,16H,3,8,10H2,1-2H3,(H2,15,19,20). The minimum Gasteiger partial charge on any atom is -0.379 e. The number of benzene rings is 1. The summed E-state index contributed by atoms with van der Waals surface area (Å²) in [5, 5.41) is 12.7. The number of aromatic nitrogens is 2. The zero-order chi connectivity index (χ0) is 15.5. The Morgan fingerprint density at radius 3 is 2.76 bits per heavy atom. The van der Waals surface area contributed by atoms with Crippen LogP contribution >= 0.6 is 0 Å². The molecule has 1 aromatic carbocycles. The molecule has 0 amide bonds. The van der Waals surface area contributed by atoms with Crippen LogP contribution in [0, 0.1) is 6.92 Å². The summed E-state index contributed by atoms with van der Waals surface area (Å²) in [6.07, 6.45) is 2.77. The summed E-state index contributed by atoms with van der Waals surface area (Å²) in [5.74, 6) is 0. The number of nitrogens with zero attached hydrogens (tertiary/aromatic N) is 2. The maximum Gasteiger partial charge on any atom is 0.238 e. The van der Waals surface area contributed by atoms with Crippen molar-refractivity contribution in [2.45, 2.75) is 38.3 Å². The smallest absolute Gasteiger partial charge is 0.238 e. The van der Waals surface area contributed by atoms with Crippen molar-refractivity contribution in [1.29, 1.82) is 0 Å². The van der Waals surface area contributed by atoms with Crippen LogP contribution in [0.15, 0.2) is 35.4 Å². The topological polar surface area (TPSA) is 90.0 Å². The van der Waals surface area contributed by atoms with Crippen LogP contribution in [0.5, 0.6) is 0 Å². The Hall–Kier alpha value is -1.86. The lowest BCUT2D eigenvalue weighted by molar-refractivity contribution is 0.578. The second-order valence-corrected chi connectivity index (χ2v) is 6.48. The van der Waals surface area contributed by atoms with Crippen molar-refractivity contribution in [3.8, 4) is 0 Å². The zero-order valence-corrected chi connectivity index (χ0v) is 13.0. The summed E-state index contributed by atoms with van der Waals surface area (Å²) in [5.41, 5.74) is 2.77. The van der Waals surface area contributed by atoms with E-state index in [0.717, 1.165) is 29.9 Å². The van der Waals surface area contributed by atoms with Gasteiger partial charge in [-0.15, -0.1) is 0 Å². The van der Waals surface area contributed by atoms with E-state index in [2.05, 4.69) is 17.3 Å². The van der Waals surface area contributed by atoms with E-state index in [1.54, 1.807) is 18.3 Å². The molecule has 0 saturated carbocycles. The molecule has 7 heteroatoms. The molecule has 0 atom stereocenters. The third-order valence-corrected chi connectivity index (χ3v) is 4.15. The van der Waals surface area contributed by atoms with Crippen molar-refractivity contribution >= 4 is 15.7 Å². The molecule has 0 aliphatic carbocycles. The first-order valence-corrected chi connectivity index (χ1v) is 8.34. The second kappa shape index (κ2) is 6.28. The highest BCUT2D eigenvalue weighted by atomic mass is 32.2. The van der Waals surface area contributed by atoms with Gasteiger partial charge in [0.1, 0.15) is 0 Å². The number of hydrogen-bond acceptors (Lipinski definition) is 4. The van der Waals surface area contributed by atoms with Gasteiger partial charge in [0, 0.05) is 18.4 Å². The number of sulfonamides is 1. The van der Waals surface area contributed by atoms with Crippen LogP contribution in [0.4, 0.5) is 5.69 Å². The molecule has 0 bridgehead atoms. The molecule has 0 aliphatic rings. The number of rotatable bonds is 6. The van der Waals surface area contributed by atoms with Crippen LogP contribution in [0.25, 0.3) is 0 Å². The summed E-state index contributed by atoms with van der Waals surface area (Å²) in [6.45, 7) is 5.45. The monoisotopic (exact) mass is 308 g/mol. The Morgan fingerprint density at radius 2 is 2.10 bits per heavy atom. The Balaban J connectivity index is 2.18. The molecule has 0 unspecified atom stereocenters. The lowest BCUT2D eigenvalue weighted by atomic mass is 10.2. The lowest BCUT2D eigenvalue weighted by Gasteiger charge is -2.12. The first-order chi connectivity index (χ1) is 9.91.